The molecule has 5 nitrogen and oxygen atoms in total. The van der Waals surface area contributed by atoms with Crippen LogP contribution in [0.4, 0.5) is 0 Å². The van der Waals surface area contributed by atoms with Gasteiger partial charge in [-0.25, -0.2) is 0 Å². The molecule has 1 heterocycles. The molecule has 18 heavy (non-hydrogen) atoms. The van der Waals surface area contributed by atoms with Crippen LogP contribution in [0.1, 0.15) is 16.8 Å². The summed E-state index contributed by atoms with van der Waals surface area (Å²) in [6.07, 6.45) is -0.487. The summed E-state index contributed by atoms with van der Waals surface area (Å²) in [6, 6.07) is 6.10. The molecule has 2 unspecified atom stereocenters. The van der Waals surface area contributed by atoms with Crippen molar-refractivity contribution in [1.82, 2.24) is 4.90 Å². The molecule has 0 spiro atoms. The zero-order valence-electron chi connectivity index (χ0n) is 9.54. The van der Waals surface area contributed by atoms with Crippen molar-refractivity contribution < 1.29 is 14.7 Å². The van der Waals surface area contributed by atoms with Crippen LogP contribution in [0, 0.1) is 0 Å². The van der Waals surface area contributed by atoms with Crippen molar-refractivity contribution in [3.63, 3.8) is 0 Å². The van der Waals surface area contributed by atoms with Crippen LogP contribution in [0.3, 0.4) is 0 Å². The summed E-state index contributed by atoms with van der Waals surface area (Å²) in [5.41, 5.74) is 5.71. The molecule has 96 valence electrons. The summed E-state index contributed by atoms with van der Waals surface area (Å²) in [6.45, 7) is 0.141. The molecule has 0 aromatic heterocycles. The third-order valence-electron chi connectivity index (χ3n) is 2.96. The lowest BCUT2D eigenvalue weighted by Gasteiger charge is -2.21. The lowest BCUT2D eigenvalue weighted by molar-refractivity contribution is -0.121. The maximum atomic E-state index is 12.2. The predicted molar refractivity (Wildman–Crippen MR) is 68.8 cm³/mol. The van der Waals surface area contributed by atoms with E-state index in [0.29, 0.717) is 5.56 Å². The quantitative estimate of drug-likeness (QED) is 0.834. The fraction of sp³-hybridized carbons (Fsp3) is 0.333. The minimum absolute atomic E-state index is 0.141. The van der Waals surface area contributed by atoms with Gasteiger partial charge in [-0.3, -0.25) is 9.59 Å². The van der Waals surface area contributed by atoms with Crippen molar-refractivity contribution in [1.29, 1.82) is 0 Å². The first kappa shape index (κ1) is 13.0. The number of carbonyl (C=O) groups is 2. The summed E-state index contributed by atoms with van der Waals surface area (Å²) in [7, 11) is 0. The van der Waals surface area contributed by atoms with E-state index in [-0.39, 0.29) is 18.9 Å². The van der Waals surface area contributed by atoms with Crippen LogP contribution in [0.2, 0.25) is 0 Å². The average molecular weight is 313 g/mol. The van der Waals surface area contributed by atoms with E-state index >= 15 is 0 Å². The molecule has 1 fully saturated rings. The van der Waals surface area contributed by atoms with Crippen molar-refractivity contribution in [3.8, 4) is 0 Å². The molecule has 1 aromatic carbocycles. The molecule has 1 aliphatic rings. The molecule has 2 amide bonds. The standard InChI is InChI=1S/C12H13BrN2O3/c13-8-3-1-7(2-4-8)12(18)15-6-9(16)5-10(15)11(14)17/h1-4,9-10,16H,5-6H2,(H2,14,17). The third kappa shape index (κ3) is 2.54. The van der Waals surface area contributed by atoms with Gasteiger partial charge in [-0.2, -0.15) is 0 Å². The lowest BCUT2D eigenvalue weighted by Crippen LogP contribution is -2.43. The van der Waals surface area contributed by atoms with Crippen molar-refractivity contribution in [2.45, 2.75) is 18.6 Å². The second-order valence-electron chi connectivity index (χ2n) is 4.27. The van der Waals surface area contributed by atoms with E-state index in [9.17, 15) is 14.7 Å². The normalized spacial score (nSPS) is 23.1. The second-order valence-corrected chi connectivity index (χ2v) is 5.19. The van der Waals surface area contributed by atoms with Crippen molar-refractivity contribution in [2.75, 3.05) is 6.54 Å². The number of benzene rings is 1. The number of hydrogen-bond donors (Lipinski definition) is 2. The van der Waals surface area contributed by atoms with Crippen LogP contribution in [-0.2, 0) is 4.79 Å². The van der Waals surface area contributed by atoms with Gasteiger partial charge in [-0.1, -0.05) is 15.9 Å². The van der Waals surface area contributed by atoms with Crippen LogP contribution < -0.4 is 5.73 Å². The maximum absolute atomic E-state index is 12.2. The lowest BCUT2D eigenvalue weighted by atomic mass is 10.1. The highest BCUT2D eigenvalue weighted by Gasteiger charge is 2.37. The van der Waals surface area contributed by atoms with Gasteiger partial charge in [-0.15, -0.1) is 0 Å². The number of aliphatic hydroxyl groups excluding tert-OH is 1. The number of nitrogens with two attached hydrogens (primary N) is 1. The topological polar surface area (TPSA) is 83.6 Å². The summed E-state index contributed by atoms with van der Waals surface area (Å²) >= 11 is 3.28. The van der Waals surface area contributed by atoms with Crippen molar-refractivity contribution >= 4 is 27.7 Å². The predicted octanol–water partition coefficient (Wildman–Crippen LogP) is 0.510. The molecule has 0 saturated carbocycles. The van der Waals surface area contributed by atoms with Crippen LogP contribution >= 0.6 is 15.9 Å². The summed E-state index contributed by atoms with van der Waals surface area (Å²) in [5, 5.41) is 9.55. The monoisotopic (exact) mass is 312 g/mol. The average Bonchev–Trinajstić information content (AvgIpc) is 2.71. The number of amides is 2. The molecule has 0 bridgehead atoms. The molecular weight excluding hydrogens is 300 g/mol. The van der Waals surface area contributed by atoms with Gasteiger partial charge in [0.25, 0.3) is 5.91 Å². The molecule has 0 radical (unpaired) electrons. The Balaban J connectivity index is 2.22. The van der Waals surface area contributed by atoms with Crippen LogP contribution in [0.15, 0.2) is 28.7 Å². The van der Waals surface area contributed by atoms with E-state index in [1.165, 1.54) is 4.90 Å². The smallest absolute Gasteiger partial charge is 0.254 e. The summed E-state index contributed by atoms with van der Waals surface area (Å²) in [5.74, 6) is -0.875. The van der Waals surface area contributed by atoms with Crippen molar-refractivity contribution in [2.24, 2.45) is 5.73 Å². The fourth-order valence-corrected chi connectivity index (χ4v) is 2.33. The van der Waals surface area contributed by atoms with Gasteiger partial charge < -0.3 is 15.7 Å². The number of halogens is 1. The minimum Gasteiger partial charge on any atom is -0.391 e. The van der Waals surface area contributed by atoms with E-state index in [1.807, 2.05) is 0 Å². The molecule has 2 atom stereocenters. The first-order valence-corrected chi connectivity index (χ1v) is 6.32. The Kier molecular flexibility index (Phi) is 3.68. The Labute approximate surface area is 113 Å². The molecule has 0 aliphatic carbocycles. The Bertz CT molecular complexity index is 475. The Morgan fingerprint density at radius 2 is 1.94 bits per heavy atom. The first-order chi connectivity index (χ1) is 8.49. The summed E-state index contributed by atoms with van der Waals surface area (Å²) in [4.78, 5) is 24.8. The van der Waals surface area contributed by atoms with Gasteiger partial charge in [0, 0.05) is 23.0 Å². The number of carbonyl (C=O) groups excluding carboxylic acids is 2. The largest absolute Gasteiger partial charge is 0.391 e. The highest BCUT2D eigenvalue weighted by Crippen LogP contribution is 2.21. The number of aliphatic hydroxyl groups is 1. The molecule has 6 heteroatoms. The maximum Gasteiger partial charge on any atom is 0.254 e. The summed E-state index contributed by atoms with van der Waals surface area (Å²) < 4.78 is 0.868. The molecule has 1 aromatic rings. The Morgan fingerprint density at radius 1 is 1.33 bits per heavy atom. The van der Waals surface area contributed by atoms with Crippen LogP contribution in [0.25, 0.3) is 0 Å². The number of hydrogen-bond acceptors (Lipinski definition) is 3. The van der Waals surface area contributed by atoms with Crippen LogP contribution in [-0.4, -0.2) is 40.5 Å². The van der Waals surface area contributed by atoms with E-state index in [1.54, 1.807) is 24.3 Å². The van der Waals surface area contributed by atoms with Crippen molar-refractivity contribution in [3.05, 3.63) is 34.3 Å². The molecule has 1 aliphatic heterocycles. The highest BCUT2D eigenvalue weighted by molar-refractivity contribution is 9.10. The van der Waals surface area contributed by atoms with E-state index in [0.717, 1.165) is 4.47 Å². The van der Waals surface area contributed by atoms with Gasteiger partial charge >= 0.3 is 0 Å². The number of rotatable bonds is 2. The number of β-amino-alcohol motifs (C(OH)–C–C–N with tert-alkyl or cyclic N) is 1. The fourth-order valence-electron chi connectivity index (χ4n) is 2.07. The van der Waals surface area contributed by atoms with Crippen LogP contribution in [0.5, 0.6) is 0 Å². The zero-order chi connectivity index (χ0) is 13.3. The molecular formula is C12H13BrN2O3. The number of primary amides is 1. The molecule has 3 N–H and O–H groups in total. The van der Waals surface area contributed by atoms with Gasteiger partial charge in [0.05, 0.1) is 6.10 Å². The number of likely N-dealkylation sites (tertiary alicyclic amines) is 1. The van der Waals surface area contributed by atoms with Gasteiger partial charge in [0.15, 0.2) is 0 Å². The second kappa shape index (κ2) is 5.07. The van der Waals surface area contributed by atoms with Gasteiger partial charge in [0.2, 0.25) is 5.91 Å². The molecule has 2 rings (SSSR count). The SMILES string of the molecule is NC(=O)C1CC(O)CN1C(=O)c1ccc(Br)cc1. The number of nitrogens with zero attached hydrogens (tertiary/aromatic N) is 1. The van der Waals surface area contributed by atoms with E-state index in [2.05, 4.69) is 15.9 Å². The van der Waals surface area contributed by atoms with Gasteiger partial charge in [0.1, 0.15) is 6.04 Å². The highest BCUT2D eigenvalue weighted by atomic mass is 79.9. The van der Waals surface area contributed by atoms with Gasteiger partial charge in [-0.05, 0) is 24.3 Å². The Hall–Kier alpha value is -1.40. The minimum atomic E-state index is -0.726. The first-order valence-electron chi connectivity index (χ1n) is 5.53. The Morgan fingerprint density at radius 3 is 2.50 bits per heavy atom. The third-order valence-corrected chi connectivity index (χ3v) is 3.49. The molecule has 1 saturated heterocycles. The zero-order valence-corrected chi connectivity index (χ0v) is 11.1. The van der Waals surface area contributed by atoms with E-state index < -0.39 is 18.1 Å². The van der Waals surface area contributed by atoms with E-state index in [4.69, 9.17) is 5.73 Å².